The van der Waals surface area contributed by atoms with Gasteiger partial charge in [0.25, 0.3) is 0 Å². The van der Waals surface area contributed by atoms with Crippen LogP contribution in [0.15, 0.2) is 9.98 Å². The van der Waals surface area contributed by atoms with Crippen molar-refractivity contribution in [1.29, 1.82) is 0 Å². The molecular weight excluding hydrogens is 112 g/mol. The summed E-state index contributed by atoms with van der Waals surface area (Å²) in [6, 6.07) is 0.621. The van der Waals surface area contributed by atoms with Gasteiger partial charge in [-0.3, -0.25) is 9.98 Å². The summed E-state index contributed by atoms with van der Waals surface area (Å²) in [7, 11) is 0. The second kappa shape index (κ2) is 4.24. The molecule has 0 N–H and O–H groups in total. The van der Waals surface area contributed by atoms with E-state index in [1.54, 1.807) is 0 Å². The highest BCUT2D eigenvalue weighted by Gasteiger charge is 2.01. The molecule has 0 amide bonds. The second-order valence-electron chi connectivity index (χ2n) is 2.30. The highest BCUT2D eigenvalue weighted by molar-refractivity contribution is 5.25. The SMILES string of the molecule is C=NC(C)CC(C)N=C. The highest BCUT2D eigenvalue weighted by atomic mass is 14.8. The third-order valence-electron chi connectivity index (χ3n) is 1.31. The summed E-state index contributed by atoms with van der Waals surface area (Å²) < 4.78 is 0. The summed E-state index contributed by atoms with van der Waals surface area (Å²) in [6.45, 7) is 10.9. The molecule has 0 radical (unpaired) electrons. The van der Waals surface area contributed by atoms with Gasteiger partial charge in [0.05, 0.1) is 0 Å². The predicted molar refractivity (Wildman–Crippen MR) is 42.6 cm³/mol. The van der Waals surface area contributed by atoms with Crippen LogP contribution in [-0.2, 0) is 0 Å². The van der Waals surface area contributed by atoms with E-state index < -0.39 is 0 Å². The van der Waals surface area contributed by atoms with Crippen molar-refractivity contribution >= 4 is 13.4 Å². The summed E-state index contributed by atoms with van der Waals surface area (Å²) in [5, 5.41) is 0. The Hall–Kier alpha value is -0.660. The molecule has 0 aromatic rings. The summed E-state index contributed by atoms with van der Waals surface area (Å²) in [4.78, 5) is 7.68. The number of hydrogen-bond acceptors (Lipinski definition) is 2. The maximum absolute atomic E-state index is 3.84. The molecule has 0 aliphatic heterocycles. The number of hydrogen-bond donors (Lipinski definition) is 0. The molecule has 0 rings (SSSR count). The van der Waals surface area contributed by atoms with Crippen LogP contribution < -0.4 is 0 Å². The van der Waals surface area contributed by atoms with Crippen LogP contribution in [0.25, 0.3) is 0 Å². The lowest BCUT2D eigenvalue weighted by Crippen LogP contribution is -2.07. The molecule has 0 aromatic carbocycles. The molecular formula is C7H14N2. The molecule has 2 unspecified atom stereocenters. The third kappa shape index (κ3) is 3.88. The Morgan fingerprint density at radius 1 is 1.11 bits per heavy atom. The number of rotatable bonds is 4. The van der Waals surface area contributed by atoms with E-state index in [0.29, 0.717) is 12.1 Å². The molecule has 0 spiro atoms. The normalized spacial score (nSPS) is 16.2. The topological polar surface area (TPSA) is 24.7 Å². The van der Waals surface area contributed by atoms with Gasteiger partial charge in [-0.2, -0.15) is 0 Å². The number of aliphatic imine (C=N–C) groups is 2. The average molecular weight is 126 g/mol. The molecule has 52 valence electrons. The fourth-order valence-electron chi connectivity index (χ4n) is 0.643. The Morgan fingerprint density at radius 3 is 1.67 bits per heavy atom. The molecule has 0 saturated heterocycles. The van der Waals surface area contributed by atoms with Gasteiger partial charge in [0.15, 0.2) is 0 Å². The molecule has 0 bridgehead atoms. The van der Waals surface area contributed by atoms with Gasteiger partial charge in [0.1, 0.15) is 0 Å². The van der Waals surface area contributed by atoms with E-state index in [4.69, 9.17) is 0 Å². The van der Waals surface area contributed by atoms with Crippen molar-refractivity contribution in [3.05, 3.63) is 0 Å². The minimum absolute atomic E-state index is 0.311. The van der Waals surface area contributed by atoms with Crippen LogP contribution in [0, 0.1) is 0 Å². The van der Waals surface area contributed by atoms with Gasteiger partial charge in [-0.25, -0.2) is 0 Å². The standard InChI is InChI=1S/C7H14N2/c1-6(8-3)5-7(2)9-4/h6-7H,3-5H2,1-2H3. The van der Waals surface area contributed by atoms with Crippen LogP contribution in [0.5, 0.6) is 0 Å². The highest BCUT2D eigenvalue weighted by Crippen LogP contribution is 2.02. The summed E-state index contributed by atoms with van der Waals surface area (Å²) in [6.07, 6.45) is 0.951. The minimum Gasteiger partial charge on any atom is -0.298 e. The Balaban J connectivity index is 3.45. The summed E-state index contributed by atoms with van der Waals surface area (Å²) in [5.74, 6) is 0. The summed E-state index contributed by atoms with van der Waals surface area (Å²) in [5.41, 5.74) is 0. The van der Waals surface area contributed by atoms with Crippen LogP contribution in [0.3, 0.4) is 0 Å². The molecule has 2 atom stereocenters. The molecule has 0 aliphatic carbocycles. The van der Waals surface area contributed by atoms with E-state index in [0.717, 1.165) is 6.42 Å². The van der Waals surface area contributed by atoms with Gasteiger partial charge < -0.3 is 0 Å². The van der Waals surface area contributed by atoms with Crippen molar-refractivity contribution < 1.29 is 0 Å². The Kier molecular flexibility index (Phi) is 3.93. The fraction of sp³-hybridized carbons (Fsp3) is 0.714. The van der Waals surface area contributed by atoms with E-state index >= 15 is 0 Å². The second-order valence-corrected chi connectivity index (χ2v) is 2.30. The van der Waals surface area contributed by atoms with Crippen molar-refractivity contribution in [3.8, 4) is 0 Å². The molecule has 0 aromatic heterocycles. The van der Waals surface area contributed by atoms with Gasteiger partial charge in [-0.15, -0.1) is 0 Å². The first kappa shape index (κ1) is 8.34. The molecule has 2 heteroatoms. The van der Waals surface area contributed by atoms with E-state index in [1.807, 2.05) is 13.8 Å². The van der Waals surface area contributed by atoms with Crippen LogP contribution in [0.2, 0.25) is 0 Å². The van der Waals surface area contributed by atoms with Crippen LogP contribution in [0.1, 0.15) is 20.3 Å². The van der Waals surface area contributed by atoms with E-state index in [2.05, 4.69) is 23.4 Å². The van der Waals surface area contributed by atoms with Gasteiger partial charge in [-0.05, 0) is 33.7 Å². The first-order valence-electron chi connectivity index (χ1n) is 3.12. The molecule has 0 saturated carbocycles. The largest absolute Gasteiger partial charge is 0.298 e. The quantitative estimate of drug-likeness (QED) is 0.511. The van der Waals surface area contributed by atoms with Crippen molar-refractivity contribution in [3.63, 3.8) is 0 Å². The Labute approximate surface area is 56.7 Å². The minimum atomic E-state index is 0.311. The van der Waals surface area contributed by atoms with Crippen molar-refractivity contribution in [1.82, 2.24) is 0 Å². The fourth-order valence-corrected chi connectivity index (χ4v) is 0.643. The summed E-state index contributed by atoms with van der Waals surface area (Å²) >= 11 is 0. The lowest BCUT2D eigenvalue weighted by molar-refractivity contribution is 0.588. The lowest BCUT2D eigenvalue weighted by atomic mass is 10.1. The molecule has 0 aliphatic rings. The maximum Gasteiger partial charge on any atom is 0.0484 e. The molecule has 0 heterocycles. The van der Waals surface area contributed by atoms with Gasteiger partial charge in [0.2, 0.25) is 0 Å². The maximum atomic E-state index is 3.84. The zero-order valence-electron chi connectivity index (χ0n) is 6.17. The Bertz CT molecular complexity index is 87.1. The van der Waals surface area contributed by atoms with Gasteiger partial charge in [-0.1, -0.05) is 0 Å². The Morgan fingerprint density at radius 2 is 1.44 bits per heavy atom. The van der Waals surface area contributed by atoms with Crippen LogP contribution in [0.4, 0.5) is 0 Å². The van der Waals surface area contributed by atoms with E-state index in [1.165, 1.54) is 0 Å². The zero-order chi connectivity index (χ0) is 7.28. The number of nitrogens with zero attached hydrogens (tertiary/aromatic N) is 2. The van der Waals surface area contributed by atoms with E-state index in [9.17, 15) is 0 Å². The third-order valence-corrected chi connectivity index (χ3v) is 1.31. The van der Waals surface area contributed by atoms with E-state index in [-0.39, 0.29) is 0 Å². The van der Waals surface area contributed by atoms with Crippen LogP contribution in [-0.4, -0.2) is 25.5 Å². The average Bonchev–Trinajstić information content (AvgIpc) is 1.87. The van der Waals surface area contributed by atoms with Crippen molar-refractivity contribution in [2.75, 3.05) is 0 Å². The zero-order valence-corrected chi connectivity index (χ0v) is 6.17. The van der Waals surface area contributed by atoms with Crippen molar-refractivity contribution in [2.24, 2.45) is 9.98 Å². The molecule has 0 fully saturated rings. The van der Waals surface area contributed by atoms with Crippen molar-refractivity contribution in [2.45, 2.75) is 32.4 Å². The molecule has 9 heavy (non-hydrogen) atoms. The van der Waals surface area contributed by atoms with Gasteiger partial charge in [0, 0.05) is 12.1 Å². The van der Waals surface area contributed by atoms with Gasteiger partial charge >= 0.3 is 0 Å². The predicted octanol–water partition coefficient (Wildman–Crippen LogP) is 1.55. The first-order valence-corrected chi connectivity index (χ1v) is 3.12. The molecule has 2 nitrogen and oxygen atoms in total. The monoisotopic (exact) mass is 126 g/mol. The lowest BCUT2D eigenvalue weighted by Gasteiger charge is -2.07. The van der Waals surface area contributed by atoms with Crippen LogP contribution >= 0.6 is 0 Å². The first-order chi connectivity index (χ1) is 4.20. The smallest absolute Gasteiger partial charge is 0.0484 e.